The minimum Gasteiger partial charge on any atom is -0.480 e. The Bertz CT molecular complexity index is 1450. The first-order valence-corrected chi connectivity index (χ1v) is 17.8. The van der Waals surface area contributed by atoms with Gasteiger partial charge in [0.15, 0.2) is 5.78 Å². The van der Waals surface area contributed by atoms with Crippen LogP contribution in [-0.4, -0.2) is 40.0 Å². The van der Waals surface area contributed by atoms with E-state index in [9.17, 15) is 24.6 Å². The molecule has 11 unspecified atom stereocenters. The molecule has 0 heterocycles. The summed E-state index contributed by atoms with van der Waals surface area (Å²) >= 11 is 0. The van der Waals surface area contributed by atoms with Crippen LogP contribution in [0.4, 0.5) is 0 Å². The van der Waals surface area contributed by atoms with E-state index in [2.05, 4.69) is 53.8 Å². The summed E-state index contributed by atoms with van der Waals surface area (Å²) in [6.07, 6.45) is 8.73. The number of hydrogen-bond donors (Lipinski definition) is 3. The van der Waals surface area contributed by atoms with Gasteiger partial charge in [0.25, 0.3) is 0 Å². The van der Waals surface area contributed by atoms with Crippen LogP contribution in [0, 0.1) is 56.2 Å². The zero-order valence-electron chi connectivity index (χ0n) is 29.4. The number of carbonyl (C=O) groups excluding carboxylic acids is 2. The number of carboxylic acids is 1. The molecule has 11 atom stereocenters. The van der Waals surface area contributed by atoms with Crippen LogP contribution in [0.2, 0.25) is 0 Å². The lowest BCUT2D eigenvalue weighted by atomic mass is 9.33. The molecule has 4 fully saturated rings. The van der Waals surface area contributed by atoms with Crippen molar-refractivity contribution in [2.45, 2.75) is 125 Å². The third kappa shape index (κ3) is 4.70. The highest BCUT2D eigenvalue weighted by Crippen LogP contribution is 2.75. The van der Waals surface area contributed by atoms with E-state index in [0.717, 1.165) is 44.1 Å². The van der Waals surface area contributed by atoms with E-state index in [4.69, 9.17) is 0 Å². The summed E-state index contributed by atoms with van der Waals surface area (Å²) in [5, 5.41) is 24.0. The van der Waals surface area contributed by atoms with Gasteiger partial charge in [0.05, 0.1) is 6.10 Å². The molecular weight excluding hydrogens is 574 g/mol. The van der Waals surface area contributed by atoms with Crippen molar-refractivity contribution in [1.29, 1.82) is 0 Å². The number of allylic oxidation sites excluding steroid dienone is 2. The smallest absolute Gasteiger partial charge is 0.326 e. The van der Waals surface area contributed by atoms with E-state index in [1.54, 1.807) is 0 Å². The topological polar surface area (TPSA) is 104 Å². The third-order valence-corrected chi connectivity index (χ3v) is 15.1. The average Bonchev–Trinajstić information content (AvgIpc) is 2.96. The summed E-state index contributed by atoms with van der Waals surface area (Å²) in [4.78, 5) is 41.1. The lowest BCUT2D eigenvalue weighted by Crippen LogP contribution is -2.66. The van der Waals surface area contributed by atoms with Crippen LogP contribution in [0.1, 0.15) is 112 Å². The predicted octanol–water partition coefficient (Wildman–Crippen LogP) is 7.39. The minimum absolute atomic E-state index is 0.0632. The van der Waals surface area contributed by atoms with Crippen LogP contribution in [0.3, 0.4) is 0 Å². The second-order valence-electron chi connectivity index (χ2n) is 18.3. The zero-order valence-corrected chi connectivity index (χ0v) is 29.4. The standard InChI is InChI=1S/C40H57NO5/c1-24-22-37(5)19-18-36(4,34(46)41-27(33(44)45)20-25-12-10-9-11-13-25)23-40(37,8)26-21-28(42)32-38(6)17-15-30(43)35(2,3)29(38)14-16-39(32,7)31(24)26/h9-13,21,24,27,29-32,43H,14-20,22-23H2,1-8H3,(H,41,46)(H,44,45). The molecule has 1 amide bonds. The quantitative estimate of drug-likeness (QED) is 0.315. The van der Waals surface area contributed by atoms with Crippen molar-refractivity contribution in [1.82, 2.24) is 5.32 Å². The Morgan fingerprint density at radius 1 is 0.935 bits per heavy atom. The van der Waals surface area contributed by atoms with Gasteiger partial charge in [-0.2, -0.15) is 0 Å². The molecule has 252 valence electrons. The largest absolute Gasteiger partial charge is 0.480 e. The number of amides is 1. The number of fused-ring (bicyclic) bond motifs is 7. The second-order valence-corrected chi connectivity index (χ2v) is 18.3. The SMILES string of the molecule is CC1CC2(C)CCC(C)(C(=O)NC(Cc3ccccc3)C(=O)O)CC2(C)C2=CC(=O)C3C(C)(CCC4C(C)(C)C(O)CCC43C)C21. The second kappa shape index (κ2) is 10.8. The Hall–Kier alpha value is -2.47. The number of nitrogens with one attached hydrogen (secondary N) is 1. The predicted molar refractivity (Wildman–Crippen MR) is 180 cm³/mol. The van der Waals surface area contributed by atoms with Crippen molar-refractivity contribution in [3.8, 4) is 0 Å². The first kappa shape index (κ1) is 33.4. The van der Waals surface area contributed by atoms with Gasteiger partial charge in [-0.3, -0.25) is 9.59 Å². The fourth-order valence-electron chi connectivity index (χ4n) is 12.7. The molecule has 1 aromatic rings. The van der Waals surface area contributed by atoms with Gasteiger partial charge in [-0.15, -0.1) is 0 Å². The van der Waals surface area contributed by atoms with Gasteiger partial charge in [0.2, 0.25) is 5.91 Å². The molecule has 1 aromatic carbocycles. The Labute approximate surface area is 276 Å². The minimum atomic E-state index is -1.03. The molecule has 6 rings (SSSR count). The van der Waals surface area contributed by atoms with Crippen molar-refractivity contribution in [2.75, 3.05) is 0 Å². The van der Waals surface area contributed by atoms with Crippen LogP contribution in [0.15, 0.2) is 42.0 Å². The van der Waals surface area contributed by atoms with Crippen LogP contribution in [0.5, 0.6) is 0 Å². The summed E-state index contributed by atoms with van der Waals surface area (Å²) in [7, 11) is 0. The maximum absolute atomic E-state index is 14.7. The van der Waals surface area contributed by atoms with Gasteiger partial charge in [0, 0.05) is 17.8 Å². The zero-order chi connectivity index (χ0) is 33.7. The van der Waals surface area contributed by atoms with E-state index in [0.29, 0.717) is 24.7 Å². The molecule has 0 bridgehead atoms. The van der Waals surface area contributed by atoms with Gasteiger partial charge in [-0.05, 0) is 108 Å². The Morgan fingerprint density at radius 2 is 1.59 bits per heavy atom. The van der Waals surface area contributed by atoms with Gasteiger partial charge in [-0.1, -0.05) is 91.3 Å². The Balaban J connectivity index is 1.35. The molecule has 3 N–H and O–H groups in total. The van der Waals surface area contributed by atoms with Crippen LogP contribution in [-0.2, 0) is 20.8 Å². The Kier molecular flexibility index (Phi) is 7.83. The number of aliphatic hydroxyl groups excluding tert-OH is 1. The number of aliphatic hydroxyl groups is 1. The molecule has 0 spiro atoms. The molecule has 6 nitrogen and oxygen atoms in total. The van der Waals surface area contributed by atoms with E-state index in [1.807, 2.05) is 43.3 Å². The van der Waals surface area contributed by atoms with Gasteiger partial charge in [0.1, 0.15) is 6.04 Å². The number of ketones is 1. The highest BCUT2D eigenvalue weighted by molar-refractivity contribution is 5.95. The van der Waals surface area contributed by atoms with E-state index >= 15 is 0 Å². The van der Waals surface area contributed by atoms with Crippen LogP contribution in [0.25, 0.3) is 0 Å². The van der Waals surface area contributed by atoms with Crippen molar-refractivity contribution in [3.05, 3.63) is 47.5 Å². The van der Waals surface area contributed by atoms with Crippen LogP contribution < -0.4 is 5.32 Å². The lowest BCUT2D eigenvalue weighted by molar-refractivity contribution is -0.197. The maximum Gasteiger partial charge on any atom is 0.326 e. The van der Waals surface area contributed by atoms with Crippen LogP contribution >= 0.6 is 0 Å². The molecule has 5 aliphatic rings. The number of hydrogen-bond acceptors (Lipinski definition) is 4. The summed E-state index contributed by atoms with van der Waals surface area (Å²) in [6, 6.07) is 8.45. The van der Waals surface area contributed by atoms with Crippen molar-refractivity contribution < 1.29 is 24.6 Å². The first-order chi connectivity index (χ1) is 21.3. The Morgan fingerprint density at radius 3 is 2.24 bits per heavy atom. The monoisotopic (exact) mass is 631 g/mol. The molecule has 0 aliphatic heterocycles. The van der Waals surface area contributed by atoms with E-state index < -0.39 is 17.4 Å². The molecule has 4 saturated carbocycles. The number of carbonyl (C=O) groups is 3. The number of benzene rings is 1. The highest BCUT2D eigenvalue weighted by atomic mass is 16.4. The van der Waals surface area contributed by atoms with Crippen molar-refractivity contribution >= 4 is 17.7 Å². The molecule has 5 aliphatic carbocycles. The van der Waals surface area contributed by atoms with Gasteiger partial charge < -0.3 is 15.5 Å². The summed E-state index contributed by atoms with van der Waals surface area (Å²) < 4.78 is 0. The summed E-state index contributed by atoms with van der Waals surface area (Å²) in [5.74, 6) is -0.110. The summed E-state index contributed by atoms with van der Waals surface area (Å²) in [5.41, 5.74) is 0.360. The van der Waals surface area contributed by atoms with E-state index in [1.165, 1.54) is 5.57 Å². The third-order valence-electron chi connectivity index (χ3n) is 15.1. The lowest BCUT2D eigenvalue weighted by Gasteiger charge is -2.70. The average molecular weight is 632 g/mol. The van der Waals surface area contributed by atoms with Gasteiger partial charge in [-0.25, -0.2) is 4.79 Å². The van der Waals surface area contributed by atoms with E-state index in [-0.39, 0.29) is 63.1 Å². The highest BCUT2D eigenvalue weighted by Gasteiger charge is 2.70. The normalized spacial score (nSPS) is 45.2. The molecule has 0 radical (unpaired) electrons. The van der Waals surface area contributed by atoms with Gasteiger partial charge >= 0.3 is 5.97 Å². The van der Waals surface area contributed by atoms with Crippen molar-refractivity contribution in [2.24, 2.45) is 56.2 Å². The number of rotatable bonds is 5. The number of carboxylic acid groups (broad SMARTS) is 1. The molecule has 46 heavy (non-hydrogen) atoms. The maximum atomic E-state index is 14.7. The van der Waals surface area contributed by atoms with Crippen molar-refractivity contribution in [3.63, 3.8) is 0 Å². The summed E-state index contributed by atoms with van der Waals surface area (Å²) in [6.45, 7) is 18.2. The molecule has 0 aromatic heterocycles. The fraction of sp³-hybridized carbons (Fsp3) is 0.725. The molecule has 6 heteroatoms. The molecular formula is C40H57NO5. The number of aliphatic carboxylic acids is 1. The fourth-order valence-corrected chi connectivity index (χ4v) is 12.7. The molecule has 0 saturated heterocycles. The first-order valence-electron chi connectivity index (χ1n) is 17.8.